The highest BCUT2D eigenvalue weighted by molar-refractivity contribution is 5.27. The summed E-state index contributed by atoms with van der Waals surface area (Å²) < 4.78 is 16.9. The molecule has 99 valence electrons. The van der Waals surface area contributed by atoms with Gasteiger partial charge in [-0.05, 0) is 44.4 Å². The van der Waals surface area contributed by atoms with Gasteiger partial charge < -0.3 is 14.2 Å². The molecule has 1 heterocycles. The zero-order valence-corrected chi connectivity index (χ0v) is 11.3. The van der Waals surface area contributed by atoms with E-state index in [1.807, 2.05) is 26.0 Å². The van der Waals surface area contributed by atoms with Crippen LogP contribution in [0.5, 0.6) is 5.75 Å². The van der Waals surface area contributed by atoms with Crippen LogP contribution in [0.1, 0.15) is 26.3 Å². The number of hydrogen-bond donors (Lipinski definition) is 0. The van der Waals surface area contributed by atoms with E-state index in [-0.39, 0.29) is 6.10 Å². The first kappa shape index (κ1) is 13.4. The van der Waals surface area contributed by atoms with Crippen molar-refractivity contribution in [2.75, 3.05) is 13.2 Å². The molecule has 2 rings (SSSR count). The van der Waals surface area contributed by atoms with Crippen LogP contribution in [-0.2, 0) is 15.9 Å². The summed E-state index contributed by atoms with van der Waals surface area (Å²) in [6.45, 7) is 7.02. The Hall–Kier alpha value is -1.06. The SMILES string of the molecule is C[CH]Cc1ccc(OC[C@@H]2COC(C)(C)O2)cc1. The van der Waals surface area contributed by atoms with Crippen molar-refractivity contribution in [3.8, 4) is 5.75 Å². The first-order valence-corrected chi connectivity index (χ1v) is 6.40. The lowest BCUT2D eigenvalue weighted by Gasteiger charge is -2.17. The molecule has 0 aromatic heterocycles. The van der Waals surface area contributed by atoms with Gasteiger partial charge in [-0.15, -0.1) is 0 Å². The summed E-state index contributed by atoms with van der Waals surface area (Å²) in [6, 6.07) is 8.18. The molecule has 0 unspecified atom stereocenters. The molecule has 0 amide bonds. The molecule has 3 heteroatoms. The maximum Gasteiger partial charge on any atom is 0.163 e. The Labute approximate surface area is 109 Å². The van der Waals surface area contributed by atoms with Gasteiger partial charge in [0.05, 0.1) is 6.61 Å². The third-order valence-corrected chi connectivity index (χ3v) is 2.87. The van der Waals surface area contributed by atoms with Gasteiger partial charge >= 0.3 is 0 Å². The van der Waals surface area contributed by atoms with Gasteiger partial charge in [-0.2, -0.15) is 0 Å². The zero-order valence-electron chi connectivity index (χ0n) is 11.3. The summed E-state index contributed by atoms with van der Waals surface area (Å²) >= 11 is 0. The largest absolute Gasteiger partial charge is 0.491 e. The monoisotopic (exact) mass is 249 g/mol. The van der Waals surface area contributed by atoms with Crippen molar-refractivity contribution in [3.05, 3.63) is 36.2 Å². The van der Waals surface area contributed by atoms with E-state index in [4.69, 9.17) is 14.2 Å². The lowest BCUT2D eigenvalue weighted by Crippen LogP contribution is -2.25. The van der Waals surface area contributed by atoms with Crippen LogP contribution in [0.2, 0.25) is 0 Å². The third-order valence-electron chi connectivity index (χ3n) is 2.87. The molecule has 1 aliphatic rings. The number of ether oxygens (including phenoxy) is 3. The predicted octanol–water partition coefficient (Wildman–Crippen LogP) is 2.98. The summed E-state index contributed by atoms with van der Waals surface area (Å²) in [6.07, 6.45) is 3.15. The Balaban J connectivity index is 1.80. The van der Waals surface area contributed by atoms with Crippen molar-refractivity contribution in [2.24, 2.45) is 0 Å². The molecule has 0 N–H and O–H groups in total. The molecule has 1 fully saturated rings. The quantitative estimate of drug-likeness (QED) is 0.803. The number of rotatable bonds is 5. The molecule has 18 heavy (non-hydrogen) atoms. The fraction of sp³-hybridized carbons (Fsp3) is 0.533. The fourth-order valence-electron chi connectivity index (χ4n) is 1.99. The normalized spacial score (nSPS) is 22.1. The molecule has 1 saturated heterocycles. The Morgan fingerprint density at radius 3 is 2.61 bits per heavy atom. The molecule has 0 saturated carbocycles. The van der Waals surface area contributed by atoms with Crippen LogP contribution < -0.4 is 4.74 Å². The van der Waals surface area contributed by atoms with Crippen molar-refractivity contribution in [3.63, 3.8) is 0 Å². The van der Waals surface area contributed by atoms with E-state index in [1.54, 1.807) is 0 Å². The molecule has 0 spiro atoms. The van der Waals surface area contributed by atoms with Crippen LogP contribution in [0.4, 0.5) is 0 Å². The molecule has 1 aliphatic heterocycles. The lowest BCUT2D eigenvalue weighted by atomic mass is 10.1. The Kier molecular flexibility index (Phi) is 4.25. The van der Waals surface area contributed by atoms with Gasteiger partial charge in [-0.3, -0.25) is 0 Å². The van der Waals surface area contributed by atoms with Gasteiger partial charge in [0.2, 0.25) is 0 Å². The van der Waals surface area contributed by atoms with Gasteiger partial charge in [0, 0.05) is 0 Å². The van der Waals surface area contributed by atoms with Crippen LogP contribution in [-0.4, -0.2) is 25.1 Å². The van der Waals surface area contributed by atoms with Gasteiger partial charge in [-0.1, -0.05) is 19.1 Å². The number of hydrogen-bond acceptors (Lipinski definition) is 3. The second-order valence-electron chi connectivity index (χ2n) is 5.02. The third kappa shape index (κ3) is 3.72. The smallest absolute Gasteiger partial charge is 0.163 e. The maximum atomic E-state index is 5.70. The van der Waals surface area contributed by atoms with E-state index in [9.17, 15) is 0 Å². The van der Waals surface area contributed by atoms with E-state index in [2.05, 4.69) is 25.5 Å². The van der Waals surface area contributed by atoms with Crippen LogP contribution >= 0.6 is 0 Å². The van der Waals surface area contributed by atoms with Crippen molar-refractivity contribution < 1.29 is 14.2 Å². The minimum Gasteiger partial charge on any atom is -0.491 e. The minimum atomic E-state index is -0.477. The summed E-state index contributed by atoms with van der Waals surface area (Å²) in [5.74, 6) is 0.401. The van der Waals surface area contributed by atoms with Gasteiger partial charge in [0.15, 0.2) is 5.79 Å². The summed E-state index contributed by atoms with van der Waals surface area (Å²) in [5.41, 5.74) is 1.30. The van der Waals surface area contributed by atoms with Crippen molar-refractivity contribution in [2.45, 2.75) is 39.1 Å². The first-order valence-electron chi connectivity index (χ1n) is 6.40. The topological polar surface area (TPSA) is 27.7 Å². The zero-order chi connectivity index (χ0) is 13.0. The molecule has 0 aliphatic carbocycles. The summed E-state index contributed by atoms with van der Waals surface area (Å²) in [4.78, 5) is 0. The highest BCUT2D eigenvalue weighted by Gasteiger charge is 2.32. The van der Waals surface area contributed by atoms with Crippen molar-refractivity contribution in [1.82, 2.24) is 0 Å². The van der Waals surface area contributed by atoms with E-state index in [0.717, 1.165) is 12.2 Å². The average Bonchev–Trinajstić information content (AvgIpc) is 2.69. The predicted molar refractivity (Wildman–Crippen MR) is 70.5 cm³/mol. The van der Waals surface area contributed by atoms with Crippen molar-refractivity contribution >= 4 is 0 Å². The fourth-order valence-corrected chi connectivity index (χ4v) is 1.99. The molecule has 0 bridgehead atoms. The minimum absolute atomic E-state index is 0.0173. The van der Waals surface area contributed by atoms with Crippen LogP contribution in [0.3, 0.4) is 0 Å². The average molecular weight is 249 g/mol. The Bertz CT molecular complexity index is 370. The van der Waals surface area contributed by atoms with Crippen LogP contribution in [0, 0.1) is 6.42 Å². The number of benzene rings is 1. The molecular formula is C15H21O3. The summed E-state index contributed by atoms with van der Waals surface area (Å²) in [7, 11) is 0. The maximum absolute atomic E-state index is 5.70. The highest BCUT2D eigenvalue weighted by Crippen LogP contribution is 2.23. The second-order valence-corrected chi connectivity index (χ2v) is 5.02. The highest BCUT2D eigenvalue weighted by atomic mass is 16.7. The molecule has 1 aromatic carbocycles. The second kappa shape index (κ2) is 5.72. The molecule has 1 atom stereocenters. The Morgan fingerprint density at radius 2 is 2.06 bits per heavy atom. The van der Waals surface area contributed by atoms with E-state index >= 15 is 0 Å². The van der Waals surface area contributed by atoms with E-state index in [0.29, 0.717) is 13.2 Å². The summed E-state index contributed by atoms with van der Waals surface area (Å²) in [5, 5.41) is 0. The van der Waals surface area contributed by atoms with E-state index < -0.39 is 5.79 Å². The lowest BCUT2D eigenvalue weighted by molar-refractivity contribution is -0.141. The first-order chi connectivity index (χ1) is 8.59. The van der Waals surface area contributed by atoms with Crippen LogP contribution in [0.25, 0.3) is 0 Å². The van der Waals surface area contributed by atoms with Gasteiger partial charge in [-0.25, -0.2) is 0 Å². The molecule has 1 aromatic rings. The molecular weight excluding hydrogens is 228 g/mol. The van der Waals surface area contributed by atoms with Gasteiger partial charge in [0.25, 0.3) is 0 Å². The Morgan fingerprint density at radius 1 is 1.33 bits per heavy atom. The van der Waals surface area contributed by atoms with E-state index in [1.165, 1.54) is 5.56 Å². The van der Waals surface area contributed by atoms with Crippen LogP contribution in [0.15, 0.2) is 24.3 Å². The van der Waals surface area contributed by atoms with Crippen molar-refractivity contribution in [1.29, 1.82) is 0 Å². The molecule has 1 radical (unpaired) electrons. The molecule has 3 nitrogen and oxygen atoms in total. The standard InChI is InChI=1S/C15H21O3/c1-4-5-12-6-8-13(9-7-12)16-10-14-11-17-15(2,3)18-14/h4,6-9,14H,5,10-11H2,1-3H3/t14-/m1/s1. The van der Waals surface area contributed by atoms with Gasteiger partial charge in [0.1, 0.15) is 18.5 Å².